The topological polar surface area (TPSA) is 73.3 Å². The molecule has 7 heteroatoms. The van der Waals surface area contributed by atoms with E-state index in [9.17, 15) is 4.79 Å². The van der Waals surface area contributed by atoms with Gasteiger partial charge in [-0.3, -0.25) is 9.20 Å². The molecule has 0 atom stereocenters. The summed E-state index contributed by atoms with van der Waals surface area (Å²) in [4.78, 5) is 20.3. The number of halogens is 2. The molecule has 0 saturated carbocycles. The van der Waals surface area contributed by atoms with Crippen LogP contribution < -0.4 is 5.73 Å². The van der Waals surface area contributed by atoms with Crippen LogP contribution in [0.4, 0.5) is 0 Å². The largest absolute Gasteiger partial charge is 0.326 e. The first kappa shape index (κ1) is 15.9. The number of carbonyl (C=O) groups is 1. The Bertz CT molecular complexity index is 933. The van der Waals surface area contributed by atoms with Crippen molar-refractivity contribution in [3.8, 4) is 11.3 Å². The third-order valence-corrected chi connectivity index (χ3v) is 4.22. The van der Waals surface area contributed by atoms with Gasteiger partial charge in [-0.05, 0) is 25.1 Å². The molecule has 0 unspecified atom stereocenters. The summed E-state index contributed by atoms with van der Waals surface area (Å²) in [6, 6.07) is 5.25. The Morgan fingerprint density at radius 3 is 2.65 bits per heavy atom. The Balaban J connectivity index is 2.42. The van der Waals surface area contributed by atoms with E-state index in [1.807, 2.05) is 13.0 Å². The summed E-state index contributed by atoms with van der Waals surface area (Å²) in [6.07, 6.45) is 1.66. The van der Waals surface area contributed by atoms with E-state index in [-0.39, 0.29) is 12.3 Å². The number of imidazole rings is 1. The maximum absolute atomic E-state index is 11.6. The first-order valence-electron chi connectivity index (χ1n) is 6.97. The lowest BCUT2D eigenvalue weighted by Gasteiger charge is -2.14. The lowest BCUT2D eigenvalue weighted by Crippen LogP contribution is -2.08. The number of carbonyl (C=O) groups excluding carboxylic acids is 1. The van der Waals surface area contributed by atoms with Gasteiger partial charge in [0, 0.05) is 41.5 Å². The van der Waals surface area contributed by atoms with Crippen molar-refractivity contribution in [2.24, 2.45) is 5.73 Å². The van der Waals surface area contributed by atoms with Gasteiger partial charge in [0.25, 0.3) is 0 Å². The molecular formula is C16H14Cl2N4O. The minimum Gasteiger partial charge on any atom is -0.326 e. The fourth-order valence-corrected chi connectivity index (χ4v) is 3.03. The van der Waals surface area contributed by atoms with Crippen molar-refractivity contribution in [2.45, 2.75) is 20.4 Å². The standard InChI is InChI=1S/C16H14Cl2N4O/c1-8-12(6-19)15(11-4-3-10(17)5-13(11)18)22-7-14(9(2)23)21-16(22)20-8/h3-5,7H,6,19H2,1-2H3. The van der Waals surface area contributed by atoms with Gasteiger partial charge in [-0.15, -0.1) is 0 Å². The summed E-state index contributed by atoms with van der Waals surface area (Å²) in [5, 5.41) is 1.04. The maximum atomic E-state index is 11.6. The molecule has 0 fully saturated rings. The van der Waals surface area contributed by atoms with Crippen molar-refractivity contribution >= 4 is 34.8 Å². The summed E-state index contributed by atoms with van der Waals surface area (Å²) in [5.41, 5.74) is 9.39. The lowest BCUT2D eigenvalue weighted by molar-refractivity contribution is 0.101. The van der Waals surface area contributed by atoms with Crippen LogP contribution in [0, 0.1) is 6.92 Å². The number of hydrogen-bond donors (Lipinski definition) is 1. The number of rotatable bonds is 3. The van der Waals surface area contributed by atoms with E-state index in [1.54, 1.807) is 22.7 Å². The molecule has 0 aliphatic heterocycles. The molecule has 2 aromatic heterocycles. The lowest BCUT2D eigenvalue weighted by atomic mass is 10.0. The van der Waals surface area contributed by atoms with E-state index in [2.05, 4.69) is 9.97 Å². The van der Waals surface area contributed by atoms with Crippen molar-refractivity contribution in [1.29, 1.82) is 0 Å². The van der Waals surface area contributed by atoms with Crippen LogP contribution in [0.2, 0.25) is 10.0 Å². The van der Waals surface area contributed by atoms with Gasteiger partial charge in [-0.2, -0.15) is 0 Å². The summed E-state index contributed by atoms with van der Waals surface area (Å²) in [6.45, 7) is 3.61. The maximum Gasteiger partial charge on any atom is 0.235 e. The van der Waals surface area contributed by atoms with Gasteiger partial charge in [0.05, 0.1) is 10.7 Å². The summed E-state index contributed by atoms with van der Waals surface area (Å²) in [5.74, 6) is 0.307. The van der Waals surface area contributed by atoms with Crippen molar-refractivity contribution < 1.29 is 4.79 Å². The molecule has 0 aliphatic carbocycles. The fourth-order valence-electron chi connectivity index (χ4n) is 2.54. The van der Waals surface area contributed by atoms with Crippen LogP contribution in [-0.4, -0.2) is 20.2 Å². The third kappa shape index (κ3) is 2.72. The summed E-state index contributed by atoms with van der Waals surface area (Å²) in [7, 11) is 0. The Morgan fingerprint density at radius 2 is 2.04 bits per heavy atom. The van der Waals surface area contributed by atoms with Gasteiger partial charge in [-0.25, -0.2) is 9.97 Å². The van der Waals surface area contributed by atoms with E-state index < -0.39 is 0 Å². The van der Waals surface area contributed by atoms with Gasteiger partial charge in [0.2, 0.25) is 5.78 Å². The van der Waals surface area contributed by atoms with Crippen LogP contribution in [0.15, 0.2) is 24.4 Å². The van der Waals surface area contributed by atoms with Crippen LogP contribution in [-0.2, 0) is 6.54 Å². The molecule has 118 valence electrons. The second-order valence-corrected chi connectivity index (χ2v) is 6.05. The number of Topliss-reactive ketones (excluding diaryl/α,β-unsaturated/α-hetero) is 1. The van der Waals surface area contributed by atoms with Gasteiger partial charge in [-0.1, -0.05) is 23.2 Å². The predicted octanol–water partition coefficient (Wildman–Crippen LogP) is 3.67. The number of aryl methyl sites for hydroxylation is 1. The number of ketones is 1. The molecule has 0 saturated heterocycles. The molecule has 0 amide bonds. The Kier molecular flexibility index (Phi) is 4.10. The normalized spacial score (nSPS) is 11.2. The molecule has 2 heterocycles. The van der Waals surface area contributed by atoms with Crippen molar-refractivity contribution in [1.82, 2.24) is 14.4 Å². The quantitative estimate of drug-likeness (QED) is 0.732. The Morgan fingerprint density at radius 1 is 1.30 bits per heavy atom. The molecule has 0 radical (unpaired) electrons. The van der Waals surface area contributed by atoms with Crippen molar-refractivity contribution in [2.75, 3.05) is 0 Å². The van der Waals surface area contributed by atoms with Crippen LogP contribution in [0.25, 0.3) is 17.0 Å². The minimum atomic E-state index is -0.129. The number of aromatic nitrogens is 3. The van der Waals surface area contributed by atoms with Crippen LogP contribution >= 0.6 is 23.2 Å². The molecule has 1 aromatic carbocycles. The molecule has 2 N–H and O–H groups in total. The zero-order valence-electron chi connectivity index (χ0n) is 12.6. The van der Waals surface area contributed by atoms with E-state index in [1.165, 1.54) is 6.92 Å². The molecule has 0 spiro atoms. The number of benzene rings is 1. The highest BCUT2D eigenvalue weighted by Gasteiger charge is 2.18. The average Bonchev–Trinajstić information content (AvgIpc) is 2.90. The van der Waals surface area contributed by atoms with Crippen LogP contribution in [0.5, 0.6) is 0 Å². The number of nitrogens with two attached hydrogens (primary N) is 1. The molecule has 5 nitrogen and oxygen atoms in total. The summed E-state index contributed by atoms with van der Waals surface area (Å²) < 4.78 is 1.75. The van der Waals surface area contributed by atoms with E-state index in [0.29, 0.717) is 21.5 Å². The second-order valence-electron chi connectivity index (χ2n) is 5.20. The summed E-state index contributed by atoms with van der Waals surface area (Å²) >= 11 is 12.4. The number of hydrogen-bond acceptors (Lipinski definition) is 4. The molecule has 23 heavy (non-hydrogen) atoms. The van der Waals surface area contributed by atoms with E-state index in [4.69, 9.17) is 28.9 Å². The van der Waals surface area contributed by atoms with E-state index >= 15 is 0 Å². The molecule has 0 bridgehead atoms. The minimum absolute atomic E-state index is 0.129. The second kappa shape index (κ2) is 5.92. The van der Waals surface area contributed by atoms with Crippen LogP contribution in [0.1, 0.15) is 28.7 Å². The average molecular weight is 349 g/mol. The third-order valence-electron chi connectivity index (χ3n) is 3.67. The molecule has 0 aliphatic rings. The van der Waals surface area contributed by atoms with Gasteiger partial charge in [0.15, 0.2) is 5.78 Å². The zero-order chi connectivity index (χ0) is 16.7. The first-order chi connectivity index (χ1) is 10.9. The highest BCUT2D eigenvalue weighted by Crippen LogP contribution is 2.33. The molecule has 3 aromatic rings. The van der Waals surface area contributed by atoms with Crippen molar-refractivity contribution in [3.05, 3.63) is 51.4 Å². The fraction of sp³-hybridized carbons (Fsp3) is 0.188. The number of nitrogens with zero attached hydrogens (tertiary/aromatic N) is 3. The first-order valence-corrected chi connectivity index (χ1v) is 7.73. The highest BCUT2D eigenvalue weighted by atomic mass is 35.5. The highest BCUT2D eigenvalue weighted by molar-refractivity contribution is 6.36. The predicted molar refractivity (Wildman–Crippen MR) is 91.1 cm³/mol. The Hall–Kier alpha value is -1.95. The SMILES string of the molecule is CC(=O)c1cn2c(-c3ccc(Cl)cc3Cl)c(CN)c(C)nc2n1. The van der Waals surface area contributed by atoms with E-state index in [0.717, 1.165) is 22.5 Å². The molecule has 3 rings (SSSR count). The van der Waals surface area contributed by atoms with Crippen molar-refractivity contribution in [3.63, 3.8) is 0 Å². The van der Waals surface area contributed by atoms with Gasteiger partial charge < -0.3 is 5.73 Å². The smallest absolute Gasteiger partial charge is 0.235 e. The zero-order valence-corrected chi connectivity index (χ0v) is 14.1. The number of fused-ring (bicyclic) bond motifs is 1. The molecular weight excluding hydrogens is 335 g/mol. The van der Waals surface area contributed by atoms with Gasteiger partial charge >= 0.3 is 0 Å². The van der Waals surface area contributed by atoms with Gasteiger partial charge in [0.1, 0.15) is 5.69 Å². The van der Waals surface area contributed by atoms with Crippen LogP contribution in [0.3, 0.4) is 0 Å². The monoisotopic (exact) mass is 348 g/mol. The Labute approximate surface area is 143 Å².